The maximum absolute atomic E-state index is 14.3. The first-order valence-corrected chi connectivity index (χ1v) is 12.9. The van der Waals surface area contributed by atoms with E-state index in [-0.39, 0.29) is 65.1 Å². The second-order valence-electron chi connectivity index (χ2n) is 9.47. The number of rotatable bonds is 8. The molecular weight excluding hydrogens is 544 g/mol. The van der Waals surface area contributed by atoms with Crippen LogP contribution in [0.5, 0.6) is 5.75 Å². The molecule has 0 aliphatic carbocycles. The van der Waals surface area contributed by atoms with Crippen molar-refractivity contribution < 1.29 is 36.6 Å². The molecule has 3 N–H and O–H groups in total. The second-order valence-corrected chi connectivity index (χ2v) is 9.47. The van der Waals surface area contributed by atoms with E-state index in [0.29, 0.717) is 18.4 Å². The van der Waals surface area contributed by atoms with Crippen molar-refractivity contribution in [3.8, 4) is 17.2 Å². The summed E-state index contributed by atoms with van der Waals surface area (Å²) in [6, 6.07) is 5.10. The fraction of sp³-hybridized carbons (Fsp3) is 0.345. The van der Waals surface area contributed by atoms with Crippen LogP contribution in [0, 0.1) is 5.92 Å². The first kappa shape index (κ1) is 29.9. The number of alkyl halides is 3. The van der Waals surface area contributed by atoms with Crippen molar-refractivity contribution >= 4 is 16.8 Å². The van der Waals surface area contributed by atoms with E-state index in [9.17, 15) is 27.5 Å². The average Bonchev–Trinajstić information content (AvgIpc) is 3.41. The van der Waals surface area contributed by atoms with Crippen molar-refractivity contribution in [2.45, 2.75) is 38.6 Å². The number of halogens is 4. The van der Waals surface area contributed by atoms with E-state index >= 15 is 0 Å². The summed E-state index contributed by atoms with van der Waals surface area (Å²) in [5, 5.41) is 11.1. The lowest BCUT2D eigenvalue weighted by Crippen LogP contribution is -2.42. The van der Waals surface area contributed by atoms with Gasteiger partial charge in [0.25, 0.3) is 5.91 Å². The Labute approximate surface area is 233 Å². The summed E-state index contributed by atoms with van der Waals surface area (Å²) < 4.78 is 65.2. The monoisotopic (exact) mass is 574 g/mol. The molecule has 8 nitrogen and oxygen atoms in total. The zero-order chi connectivity index (χ0) is 29.9. The molecule has 3 aromatic rings. The van der Waals surface area contributed by atoms with Gasteiger partial charge >= 0.3 is 6.18 Å². The van der Waals surface area contributed by atoms with Crippen LogP contribution in [0.25, 0.3) is 22.4 Å². The Morgan fingerprint density at radius 1 is 1.27 bits per heavy atom. The van der Waals surface area contributed by atoms with Gasteiger partial charge in [-0.05, 0) is 49.9 Å². The van der Waals surface area contributed by atoms with Crippen molar-refractivity contribution in [1.29, 1.82) is 0 Å². The molecule has 1 aliphatic heterocycles. The quantitative estimate of drug-likeness (QED) is 0.267. The number of methoxy groups -OCH3 is 1. The Bertz CT molecular complexity index is 1500. The van der Waals surface area contributed by atoms with Gasteiger partial charge in [-0.15, -0.1) is 0 Å². The number of nitrogens with zero attached hydrogens (tertiary/aromatic N) is 3. The predicted molar refractivity (Wildman–Crippen MR) is 144 cm³/mol. The molecule has 4 rings (SSSR count). The van der Waals surface area contributed by atoms with Crippen molar-refractivity contribution in [2.24, 2.45) is 11.7 Å². The van der Waals surface area contributed by atoms with Crippen LogP contribution in [0.3, 0.4) is 0 Å². The number of piperidine rings is 1. The van der Waals surface area contributed by atoms with E-state index in [1.807, 2.05) is 0 Å². The number of ether oxygens (including phenoxy) is 1. The third-order valence-corrected chi connectivity index (χ3v) is 7.06. The summed E-state index contributed by atoms with van der Waals surface area (Å²) in [5.41, 5.74) is 5.16. The van der Waals surface area contributed by atoms with E-state index in [2.05, 4.69) is 16.5 Å². The van der Waals surface area contributed by atoms with E-state index in [1.54, 1.807) is 11.0 Å². The summed E-state index contributed by atoms with van der Waals surface area (Å²) in [7, 11) is 1.32. The second kappa shape index (κ2) is 12.2. The summed E-state index contributed by atoms with van der Waals surface area (Å²) in [6.45, 7) is 5.52. The number of carbonyl (C=O) groups is 1. The third-order valence-electron chi connectivity index (χ3n) is 7.06. The van der Waals surface area contributed by atoms with Gasteiger partial charge in [-0.2, -0.15) is 13.2 Å². The molecule has 0 radical (unpaired) electrons. The summed E-state index contributed by atoms with van der Waals surface area (Å²) in [5.74, 6) is -1.02. The first-order chi connectivity index (χ1) is 19.5. The topological polar surface area (TPSA) is 115 Å². The van der Waals surface area contributed by atoms with Crippen LogP contribution in [0.4, 0.5) is 17.6 Å². The van der Waals surface area contributed by atoms with Crippen molar-refractivity contribution in [3.05, 3.63) is 77.6 Å². The average molecular weight is 575 g/mol. The van der Waals surface area contributed by atoms with Crippen LogP contribution in [-0.2, 0) is 12.7 Å². The zero-order valence-corrected chi connectivity index (χ0v) is 22.5. The van der Waals surface area contributed by atoms with Crippen molar-refractivity contribution in [2.75, 3.05) is 20.2 Å². The third kappa shape index (κ3) is 6.03. The number of amides is 1. The number of likely N-dealkylation sites (tertiary alicyclic amines) is 1. The number of fused-ring (bicyclic) bond motifs is 1. The standard InChI is InChI=1S/C29H30F4N4O4/c1-4-6-19(20(30)5-2)26(38)16-11-13-37(14-12-16)28(39)25-22(15-34)41-27(36-25)18-7-9-21(40-3)24-17(18)8-10-23(35-24)29(31,32)33/h4-10,16,26,38H,1,11-15,34H2,2-3H3/b19-6+,20-5+. The molecule has 41 heavy (non-hydrogen) atoms. The Kier molecular flexibility index (Phi) is 8.93. The summed E-state index contributed by atoms with van der Waals surface area (Å²) in [4.78, 5) is 23.1. The molecule has 12 heteroatoms. The minimum Gasteiger partial charge on any atom is -0.494 e. The highest BCUT2D eigenvalue weighted by Gasteiger charge is 2.34. The number of oxazole rings is 1. The van der Waals surface area contributed by atoms with Crippen LogP contribution >= 0.6 is 0 Å². The van der Waals surface area contributed by atoms with E-state index < -0.39 is 29.7 Å². The van der Waals surface area contributed by atoms with Gasteiger partial charge in [-0.1, -0.05) is 24.8 Å². The molecule has 2 aromatic heterocycles. The molecule has 1 unspecified atom stereocenters. The minimum absolute atomic E-state index is 0.00523. The van der Waals surface area contributed by atoms with Crippen LogP contribution in [0.2, 0.25) is 0 Å². The molecule has 1 amide bonds. The fourth-order valence-electron chi connectivity index (χ4n) is 4.91. The number of pyridine rings is 1. The Morgan fingerprint density at radius 3 is 2.56 bits per heavy atom. The minimum atomic E-state index is -4.65. The van der Waals surface area contributed by atoms with Crippen molar-refractivity contribution in [1.82, 2.24) is 14.9 Å². The van der Waals surface area contributed by atoms with Gasteiger partial charge in [0, 0.05) is 29.6 Å². The largest absolute Gasteiger partial charge is 0.494 e. The molecule has 1 aliphatic rings. The van der Waals surface area contributed by atoms with Crippen LogP contribution in [0.15, 0.2) is 64.9 Å². The van der Waals surface area contributed by atoms with Crippen LogP contribution < -0.4 is 10.5 Å². The number of aliphatic hydroxyl groups is 1. The lowest BCUT2D eigenvalue weighted by Gasteiger charge is -2.34. The van der Waals surface area contributed by atoms with Gasteiger partial charge in [0.15, 0.2) is 11.5 Å². The highest BCUT2D eigenvalue weighted by molar-refractivity contribution is 5.98. The number of hydrogen-bond acceptors (Lipinski definition) is 7. The number of carbonyl (C=O) groups excluding carboxylic acids is 1. The number of hydrogen-bond donors (Lipinski definition) is 2. The van der Waals surface area contributed by atoms with Gasteiger partial charge < -0.3 is 24.9 Å². The first-order valence-electron chi connectivity index (χ1n) is 12.9. The van der Waals surface area contributed by atoms with Crippen LogP contribution in [-0.4, -0.2) is 52.2 Å². The normalized spacial score (nSPS) is 16.2. The van der Waals surface area contributed by atoms with E-state index in [0.717, 1.165) is 6.07 Å². The van der Waals surface area contributed by atoms with Crippen LogP contribution in [0.1, 0.15) is 41.7 Å². The molecule has 218 valence electrons. The fourth-order valence-corrected chi connectivity index (χ4v) is 4.91. The predicted octanol–water partition coefficient (Wildman–Crippen LogP) is 5.57. The molecule has 1 aromatic carbocycles. The molecule has 0 saturated carbocycles. The smallest absolute Gasteiger partial charge is 0.433 e. The van der Waals surface area contributed by atoms with E-state index in [1.165, 1.54) is 44.4 Å². The van der Waals surface area contributed by atoms with Gasteiger partial charge in [-0.3, -0.25) is 4.79 Å². The number of nitrogens with two attached hydrogens (primary N) is 1. The maximum atomic E-state index is 14.3. The van der Waals surface area contributed by atoms with Crippen molar-refractivity contribution in [3.63, 3.8) is 0 Å². The Morgan fingerprint density at radius 2 is 1.98 bits per heavy atom. The van der Waals surface area contributed by atoms with Gasteiger partial charge in [-0.25, -0.2) is 14.4 Å². The molecule has 0 spiro atoms. The molecule has 1 saturated heterocycles. The highest BCUT2D eigenvalue weighted by Crippen LogP contribution is 2.37. The Hall–Kier alpha value is -4.03. The molecular formula is C29H30F4N4O4. The molecule has 1 atom stereocenters. The SMILES string of the molecule is C=C/C=C(\C(F)=C/C)C(O)C1CCN(C(=O)c2nc(-c3ccc(OC)c4nc(C(F)(F)F)ccc34)oc2CN)CC1. The zero-order valence-electron chi connectivity index (χ0n) is 22.5. The number of aromatic nitrogens is 2. The van der Waals surface area contributed by atoms with Gasteiger partial charge in [0.1, 0.15) is 22.8 Å². The molecule has 0 bridgehead atoms. The van der Waals surface area contributed by atoms with E-state index in [4.69, 9.17) is 14.9 Å². The number of benzene rings is 1. The Balaban J connectivity index is 1.60. The van der Waals surface area contributed by atoms with Gasteiger partial charge in [0.2, 0.25) is 5.89 Å². The molecule has 3 heterocycles. The molecule has 1 fully saturated rings. The van der Waals surface area contributed by atoms with Gasteiger partial charge in [0.05, 0.1) is 19.8 Å². The maximum Gasteiger partial charge on any atom is 0.433 e. The highest BCUT2D eigenvalue weighted by atomic mass is 19.4. The number of allylic oxidation sites excluding steroid dienone is 3. The lowest BCUT2D eigenvalue weighted by atomic mass is 9.86. The lowest BCUT2D eigenvalue weighted by molar-refractivity contribution is -0.140. The summed E-state index contributed by atoms with van der Waals surface area (Å²) in [6.07, 6.45) is -0.772. The number of aliphatic hydroxyl groups excluding tert-OH is 1. The summed E-state index contributed by atoms with van der Waals surface area (Å²) >= 11 is 0.